The van der Waals surface area contributed by atoms with Crippen LogP contribution < -0.4 is 0 Å². The molecule has 0 saturated heterocycles. The molecule has 0 spiro atoms. The predicted molar refractivity (Wildman–Crippen MR) is 82.4 cm³/mol. The maximum Gasteiger partial charge on any atom is 2.00 e. The van der Waals surface area contributed by atoms with Gasteiger partial charge in [-0.2, -0.15) is 0 Å². The van der Waals surface area contributed by atoms with Crippen molar-refractivity contribution in [3.8, 4) is 0 Å². The summed E-state index contributed by atoms with van der Waals surface area (Å²) in [6, 6.07) is 0. The van der Waals surface area contributed by atoms with E-state index in [4.69, 9.17) is 0 Å². The summed E-state index contributed by atoms with van der Waals surface area (Å²) >= 11 is 0. The molecular formula is C8H24MgN2Si4. The smallest absolute Gasteiger partial charge is 0.673 e. The SMILES string of the molecule is C[Si](C)[N-][Si](C)C.C[Si](C)[N-][Si](C)C.[Mg+2]. The van der Waals surface area contributed by atoms with E-state index in [1.54, 1.807) is 0 Å². The van der Waals surface area contributed by atoms with Crippen molar-refractivity contribution in [3.05, 3.63) is 9.30 Å². The summed E-state index contributed by atoms with van der Waals surface area (Å²) in [5.41, 5.74) is 0. The van der Waals surface area contributed by atoms with E-state index in [2.05, 4.69) is 61.7 Å². The van der Waals surface area contributed by atoms with Gasteiger partial charge in [0, 0.05) is 0 Å². The molecule has 84 valence electrons. The van der Waals surface area contributed by atoms with Crippen molar-refractivity contribution in [1.29, 1.82) is 0 Å². The van der Waals surface area contributed by atoms with Crippen molar-refractivity contribution < 1.29 is 0 Å². The van der Waals surface area contributed by atoms with Gasteiger partial charge in [0.1, 0.15) is 0 Å². The minimum Gasteiger partial charge on any atom is -0.673 e. The fourth-order valence-electron chi connectivity index (χ4n) is 0.894. The average molecular weight is 285 g/mol. The first-order chi connectivity index (χ1) is 6.25. The van der Waals surface area contributed by atoms with E-state index in [1.165, 1.54) is 0 Å². The van der Waals surface area contributed by atoms with Gasteiger partial charge in [0.15, 0.2) is 0 Å². The van der Waals surface area contributed by atoms with Crippen LogP contribution in [-0.2, 0) is 0 Å². The predicted octanol–water partition coefficient (Wildman–Crippen LogP) is 3.34. The van der Waals surface area contributed by atoms with Gasteiger partial charge in [0.2, 0.25) is 0 Å². The van der Waals surface area contributed by atoms with Gasteiger partial charge in [-0.1, -0.05) is 88.2 Å². The summed E-state index contributed by atoms with van der Waals surface area (Å²) in [6.07, 6.45) is 0. The topological polar surface area (TPSA) is 28.2 Å². The van der Waals surface area contributed by atoms with Crippen LogP contribution in [0.2, 0.25) is 52.4 Å². The molecule has 0 aliphatic rings. The summed E-state index contributed by atoms with van der Waals surface area (Å²) in [5, 5.41) is 0. The van der Waals surface area contributed by atoms with Gasteiger partial charge in [-0.3, -0.25) is 0 Å². The largest absolute Gasteiger partial charge is 2.00 e. The molecule has 0 aliphatic carbocycles. The Bertz CT molecular complexity index is 97.2. The molecule has 7 heteroatoms. The quantitative estimate of drug-likeness (QED) is 0.709. The second kappa shape index (κ2) is 13.6. The summed E-state index contributed by atoms with van der Waals surface area (Å²) in [6.45, 7) is 17.8. The molecule has 2 nitrogen and oxygen atoms in total. The van der Waals surface area contributed by atoms with Crippen molar-refractivity contribution in [2.24, 2.45) is 0 Å². The molecule has 0 heterocycles. The standard InChI is InChI=1S/2C4H12NSi2.Mg/c2*1-6(2)5-7(3)4;/h2*1-4H3;/q2*-1;+2. The number of rotatable bonds is 4. The van der Waals surface area contributed by atoms with Crippen molar-refractivity contribution >= 4 is 58.9 Å². The molecule has 0 fully saturated rings. The van der Waals surface area contributed by atoms with E-state index >= 15 is 0 Å². The number of nitrogens with zero attached hydrogens (tertiary/aromatic N) is 2. The normalized spacial score (nSPS) is 10.4. The van der Waals surface area contributed by atoms with Crippen molar-refractivity contribution in [1.82, 2.24) is 0 Å². The Morgan fingerprint density at radius 1 is 0.467 bits per heavy atom. The van der Waals surface area contributed by atoms with Crippen LogP contribution in [0.3, 0.4) is 0 Å². The molecule has 0 aromatic carbocycles. The molecule has 0 aliphatic heterocycles. The molecule has 4 radical (unpaired) electrons. The molecular weight excluding hydrogens is 261 g/mol. The molecule has 0 saturated carbocycles. The fraction of sp³-hybridized carbons (Fsp3) is 1.00. The Kier molecular flexibility index (Phi) is 19.8. The third kappa shape index (κ3) is 31.3. The van der Waals surface area contributed by atoms with Gasteiger partial charge in [-0.15, -0.1) is 0 Å². The van der Waals surface area contributed by atoms with Crippen LogP contribution in [0.5, 0.6) is 0 Å². The Hall–Kier alpha value is 1.55. The molecule has 0 atom stereocenters. The second-order valence-corrected chi connectivity index (χ2v) is 13.4. The van der Waals surface area contributed by atoms with Gasteiger partial charge < -0.3 is 9.30 Å². The van der Waals surface area contributed by atoms with Gasteiger partial charge in [-0.05, 0) is 0 Å². The number of hydrogen-bond acceptors (Lipinski definition) is 0. The molecule has 0 aromatic heterocycles. The maximum atomic E-state index is 4.48. The molecule has 0 aromatic rings. The first kappa shape index (κ1) is 21.8. The van der Waals surface area contributed by atoms with Crippen LogP contribution in [0.25, 0.3) is 9.30 Å². The van der Waals surface area contributed by atoms with Crippen molar-refractivity contribution in [2.75, 3.05) is 0 Å². The zero-order chi connectivity index (χ0) is 11.7. The zero-order valence-corrected chi connectivity index (χ0v) is 17.0. The van der Waals surface area contributed by atoms with Gasteiger partial charge in [-0.25, -0.2) is 0 Å². The Labute approximate surface area is 120 Å². The first-order valence-electron chi connectivity index (χ1n) is 4.89. The maximum absolute atomic E-state index is 4.48. The van der Waals surface area contributed by atoms with Crippen molar-refractivity contribution in [2.45, 2.75) is 52.4 Å². The summed E-state index contributed by atoms with van der Waals surface area (Å²) in [5.74, 6) is 0. The summed E-state index contributed by atoms with van der Waals surface area (Å²) < 4.78 is 8.96. The monoisotopic (exact) mass is 284 g/mol. The van der Waals surface area contributed by atoms with Crippen LogP contribution in [-0.4, -0.2) is 58.9 Å². The summed E-state index contributed by atoms with van der Waals surface area (Å²) in [4.78, 5) is 0. The first-order valence-corrected chi connectivity index (χ1v) is 14.7. The molecule has 0 rings (SSSR count). The van der Waals surface area contributed by atoms with Gasteiger partial charge in [0.25, 0.3) is 0 Å². The Balaban J connectivity index is -0.000000180. The molecule has 0 unspecified atom stereocenters. The van der Waals surface area contributed by atoms with E-state index < -0.39 is 0 Å². The molecule has 15 heavy (non-hydrogen) atoms. The third-order valence-corrected chi connectivity index (χ3v) is 8.05. The molecule has 0 N–H and O–H groups in total. The molecule has 0 amide bonds. The second-order valence-electron chi connectivity index (χ2n) is 4.01. The number of hydrogen-bond donors (Lipinski definition) is 0. The van der Waals surface area contributed by atoms with E-state index in [-0.39, 0.29) is 58.9 Å². The molecule has 0 bridgehead atoms. The van der Waals surface area contributed by atoms with Gasteiger partial charge >= 0.3 is 23.1 Å². The van der Waals surface area contributed by atoms with E-state index in [1.807, 2.05) is 0 Å². The Morgan fingerprint density at radius 2 is 0.600 bits per heavy atom. The van der Waals surface area contributed by atoms with Crippen LogP contribution >= 0.6 is 0 Å². The summed E-state index contributed by atoms with van der Waals surface area (Å²) in [7, 11) is -1.06. The van der Waals surface area contributed by atoms with Crippen molar-refractivity contribution in [3.63, 3.8) is 0 Å². The minimum absolute atomic E-state index is 0. The fourth-order valence-corrected chi connectivity index (χ4v) is 8.05. The van der Waals surface area contributed by atoms with Gasteiger partial charge in [0.05, 0.1) is 0 Å². The minimum atomic E-state index is -0.264. The zero-order valence-electron chi connectivity index (χ0n) is 11.6. The Morgan fingerprint density at radius 3 is 0.600 bits per heavy atom. The van der Waals surface area contributed by atoms with E-state index in [9.17, 15) is 0 Å². The van der Waals surface area contributed by atoms with Crippen LogP contribution in [0, 0.1) is 0 Å². The van der Waals surface area contributed by atoms with E-state index in [0.717, 1.165) is 0 Å². The van der Waals surface area contributed by atoms with Crippen LogP contribution in [0.15, 0.2) is 0 Å². The van der Waals surface area contributed by atoms with Crippen LogP contribution in [0.1, 0.15) is 0 Å². The average Bonchev–Trinajstić information content (AvgIpc) is 1.79. The van der Waals surface area contributed by atoms with Crippen LogP contribution in [0.4, 0.5) is 0 Å². The van der Waals surface area contributed by atoms with E-state index in [0.29, 0.717) is 0 Å². The third-order valence-electron chi connectivity index (χ3n) is 0.894.